The van der Waals surface area contributed by atoms with Crippen molar-refractivity contribution in [1.82, 2.24) is 9.88 Å². The van der Waals surface area contributed by atoms with Crippen molar-refractivity contribution >= 4 is 26.7 Å². The van der Waals surface area contributed by atoms with Gasteiger partial charge < -0.3 is 14.7 Å². The first-order valence-electron chi connectivity index (χ1n) is 10.3. The van der Waals surface area contributed by atoms with Crippen LogP contribution in [-0.2, 0) is 0 Å². The molecule has 1 aliphatic rings. The van der Waals surface area contributed by atoms with Crippen molar-refractivity contribution < 1.29 is 14.2 Å². The lowest BCUT2D eigenvalue weighted by atomic mass is 9.97. The number of anilines is 1. The smallest absolute Gasteiger partial charge is 0.210 e. The molecule has 3 aromatic rings. The molecule has 160 valence electrons. The van der Waals surface area contributed by atoms with Crippen molar-refractivity contribution in [3.05, 3.63) is 53.8 Å². The number of rotatable bonds is 6. The molecular weight excluding hydrogens is 401 g/mol. The quantitative estimate of drug-likeness (QED) is 0.588. The maximum absolute atomic E-state index is 13.0. The number of fused-ring (bicyclic) bond motifs is 1. The van der Waals surface area contributed by atoms with Crippen molar-refractivity contribution in [2.75, 3.05) is 25.0 Å². The molecule has 0 aliphatic carbocycles. The molecule has 0 spiro atoms. The molecule has 1 aromatic heterocycles. The third kappa shape index (κ3) is 4.74. The molecule has 7 heteroatoms. The Labute approximate surface area is 180 Å². The number of β-amino-alcohol motifs (C(OH)–C–C–N with tert-alkyl or cyclic N) is 1. The summed E-state index contributed by atoms with van der Waals surface area (Å²) in [4.78, 5) is 9.37. The number of thiazole rings is 1. The van der Waals surface area contributed by atoms with E-state index in [1.54, 1.807) is 11.3 Å². The van der Waals surface area contributed by atoms with E-state index in [-0.39, 0.29) is 5.82 Å². The Morgan fingerprint density at radius 1 is 1.30 bits per heavy atom. The highest BCUT2D eigenvalue weighted by Gasteiger charge is 2.30. The number of hydrogen-bond donors (Lipinski definition) is 1. The third-order valence-corrected chi connectivity index (χ3v) is 6.95. The average molecular weight is 430 g/mol. The first-order chi connectivity index (χ1) is 14.4. The summed E-state index contributed by atoms with van der Waals surface area (Å²) in [5.41, 5.74) is 2.31. The molecule has 0 bridgehead atoms. The molecule has 30 heavy (non-hydrogen) atoms. The van der Waals surface area contributed by atoms with Gasteiger partial charge in [-0.3, -0.25) is 4.90 Å². The molecule has 3 atom stereocenters. The highest BCUT2D eigenvalue weighted by atomic mass is 32.1. The van der Waals surface area contributed by atoms with Gasteiger partial charge in [-0.05, 0) is 68.7 Å². The Bertz CT molecular complexity index is 994. The fraction of sp³-hybridized carbons (Fsp3) is 0.435. The topological polar surface area (TPSA) is 48.8 Å². The van der Waals surface area contributed by atoms with E-state index in [0.717, 1.165) is 30.0 Å². The number of halogens is 1. The van der Waals surface area contributed by atoms with Gasteiger partial charge in [0.15, 0.2) is 5.13 Å². The Morgan fingerprint density at radius 2 is 2.07 bits per heavy atom. The number of aliphatic hydroxyl groups excluding tert-OH is 1. The van der Waals surface area contributed by atoms with Gasteiger partial charge >= 0.3 is 0 Å². The first kappa shape index (κ1) is 21.0. The summed E-state index contributed by atoms with van der Waals surface area (Å²) >= 11 is 1.74. The summed E-state index contributed by atoms with van der Waals surface area (Å²) in [5.74, 6) is 0.150. The predicted molar refractivity (Wildman–Crippen MR) is 120 cm³/mol. The lowest BCUT2D eigenvalue weighted by Gasteiger charge is -2.41. The zero-order valence-corrected chi connectivity index (χ0v) is 18.4. The minimum absolute atomic E-state index is 0.314. The van der Waals surface area contributed by atoms with Gasteiger partial charge in [0.25, 0.3) is 0 Å². The monoisotopic (exact) mass is 429 g/mol. The number of piperidine rings is 1. The summed E-state index contributed by atoms with van der Waals surface area (Å²) < 4.78 is 19.8. The predicted octanol–water partition coefficient (Wildman–Crippen LogP) is 4.43. The minimum atomic E-state index is -0.945. The van der Waals surface area contributed by atoms with Crippen LogP contribution in [0.15, 0.2) is 42.5 Å². The summed E-state index contributed by atoms with van der Waals surface area (Å²) in [6.45, 7) is 5.60. The molecule has 2 heterocycles. The standard InChI is InChI=1S/C23H28FN3O2S/c1-15-4-9-20-21(12-15)30-23(25-20)26(3)18-10-11-27(16(2)13-18)14-22(28)29-19-7-5-17(24)6-8-19/h4-9,12,16,18,22,28H,10-11,13-14H2,1-3H3. The highest BCUT2D eigenvalue weighted by molar-refractivity contribution is 7.22. The maximum atomic E-state index is 13.0. The Hall–Kier alpha value is -2.22. The second-order valence-electron chi connectivity index (χ2n) is 8.13. The molecule has 4 rings (SSSR count). The van der Waals surface area contributed by atoms with E-state index in [2.05, 4.69) is 48.9 Å². The van der Waals surface area contributed by atoms with Gasteiger partial charge in [0.2, 0.25) is 6.29 Å². The second-order valence-corrected chi connectivity index (χ2v) is 9.14. The molecule has 0 amide bonds. The van der Waals surface area contributed by atoms with E-state index in [1.807, 2.05) is 0 Å². The molecular formula is C23H28FN3O2S. The SMILES string of the molecule is Cc1ccc2nc(N(C)C3CCN(CC(O)Oc4ccc(F)cc4)C(C)C3)sc2c1. The van der Waals surface area contributed by atoms with E-state index in [9.17, 15) is 9.50 Å². The number of aliphatic hydroxyl groups is 1. The van der Waals surface area contributed by atoms with Gasteiger partial charge in [-0.1, -0.05) is 17.4 Å². The molecule has 1 aliphatic heterocycles. The Kier molecular flexibility index (Phi) is 6.22. The van der Waals surface area contributed by atoms with Crippen molar-refractivity contribution in [2.24, 2.45) is 0 Å². The van der Waals surface area contributed by atoms with Crippen LogP contribution in [0.1, 0.15) is 25.3 Å². The zero-order chi connectivity index (χ0) is 21.3. The molecule has 0 saturated carbocycles. The summed E-state index contributed by atoms with van der Waals surface area (Å²) in [7, 11) is 2.13. The highest BCUT2D eigenvalue weighted by Crippen LogP contribution is 2.32. The van der Waals surface area contributed by atoms with E-state index < -0.39 is 6.29 Å². The van der Waals surface area contributed by atoms with Gasteiger partial charge in [0, 0.05) is 25.7 Å². The second kappa shape index (κ2) is 8.88. The molecule has 5 nitrogen and oxygen atoms in total. The molecule has 3 unspecified atom stereocenters. The van der Waals surface area contributed by atoms with E-state index in [4.69, 9.17) is 9.72 Å². The fourth-order valence-corrected chi connectivity index (χ4v) is 5.15. The summed E-state index contributed by atoms with van der Waals surface area (Å²) in [5, 5.41) is 11.4. The molecule has 0 radical (unpaired) electrons. The van der Waals surface area contributed by atoms with Gasteiger partial charge in [-0.2, -0.15) is 0 Å². The van der Waals surface area contributed by atoms with E-state index >= 15 is 0 Å². The zero-order valence-electron chi connectivity index (χ0n) is 17.6. The normalized spacial score (nSPS) is 21.0. The van der Waals surface area contributed by atoms with Crippen molar-refractivity contribution in [3.63, 3.8) is 0 Å². The number of aryl methyl sites for hydroxylation is 1. The number of nitrogens with zero attached hydrogens (tertiary/aromatic N) is 3. The van der Waals surface area contributed by atoms with Crippen LogP contribution < -0.4 is 9.64 Å². The van der Waals surface area contributed by atoms with Crippen molar-refractivity contribution in [2.45, 2.75) is 45.1 Å². The van der Waals surface area contributed by atoms with Crippen LogP contribution in [0.25, 0.3) is 10.2 Å². The largest absolute Gasteiger partial charge is 0.464 e. The minimum Gasteiger partial charge on any atom is -0.464 e. The van der Waals surface area contributed by atoms with Gasteiger partial charge in [-0.15, -0.1) is 0 Å². The number of ether oxygens (including phenoxy) is 1. The van der Waals surface area contributed by atoms with Crippen LogP contribution in [0, 0.1) is 12.7 Å². The van der Waals surface area contributed by atoms with Crippen LogP contribution in [0.4, 0.5) is 9.52 Å². The van der Waals surface area contributed by atoms with E-state index in [1.165, 1.54) is 34.5 Å². The fourth-order valence-electron chi connectivity index (χ4n) is 4.05. The summed E-state index contributed by atoms with van der Waals surface area (Å²) in [6, 6.07) is 12.8. The lowest BCUT2D eigenvalue weighted by molar-refractivity contribution is -0.0533. The molecule has 1 N–H and O–H groups in total. The van der Waals surface area contributed by atoms with Gasteiger partial charge in [0.1, 0.15) is 11.6 Å². The van der Waals surface area contributed by atoms with Crippen LogP contribution in [0.3, 0.4) is 0 Å². The maximum Gasteiger partial charge on any atom is 0.210 e. The van der Waals surface area contributed by atoms with Gasteiger partial charge in [-0.25, -0.2) is 9.37 Å². The number of hydrogen-bond acceptors (Lipinski definition) is 6. The van der Waals surface area contributed by atoms with Crippen LogP contribution in [0.5, 0.6) is 5.75 Å². The Balaban J connectivity index is 1.34. The first-order valence-corrected chi connectivity index (χ1v) is 11.1. The molecule has 2 aromatic carbocycles. The Morgan fingerprint density at radius 3 is 2.80 bits per heavy atom. The lowest BCUT2D eigenvalue weighted by Crippen LogP contribution is -2.50. The number of benzene rings is 2. The number of likely N-dealkylation sites (tertiary alicyclic amines) is 1. The average Bonchev–Trinajstić information content (AvgIpc) is 3.14. The summed E-state index contributed by atoms with van der Waals surface area (Å²) in [6.07, 6.45) is 1.05. The molecule has 1 saturated heterocycles. The van der Waals surface area contributed by atoms with Crippen LogP contribution in [-0.4, -0.2) is 53.5 Å². The third-order valence-electron chi connectivity index (χ3n) is 5.84. The molecule has 1 fully saturated rings. The van der Waals surface area contributed by atoms with Crippen molar-refractivity contribution in [3.8, 4) is 5.75 Å². The van der Waals surface area contributed by atoms with Gasteiger partial charge in [0.05, 0.1) is 16.8 Å². The van der Waals surface area contributed by atoms with Crippen LogP contribution in [0.2, 0.25) is 0 Å². The number of aromatic nitrogens is 1. The van der Waals surface area contributed by atoms with Crippen LogP contribution >= 0.6 is 11.3 Å². The van der Waals surface area contributed by atoms with Crippen molar-refractivity contribution in [1.29, 1.82) is 0 Å². The van der Waals surface area contributed by atoms with E-state index in [0.29, 0.717) is 24.4 Å².